The zero-order valence-corrected chi connectivity index (χ0v) is 14.4. The normalized spacial score (nSPS) is 12.7. The summed E-state index contributed by atoms with van der Waals surface area (Å²) in [7, 11) is -3.98. The molecule has 0 saturated carbocycles. The van der Waals surface area contributed by atoms with Gasteiger partial charge < -0.3 is 15.5 Å². The van der Waals surface area contributed by atoms with Crippen molar-refractivity contribution in [2.24, 2.45) is 15.4 Å². The smallest absolute Gasteiger partial charge is 0.279 e. The molecule has 0 aromatic heterocycles. The highest BCUT2D eigenvalue weighted by molar-refractivity contribution is 7.89. The average molecular weight is 376 g/mol. The van der Waals surface area contributed by atoms with Gasteiger partial charge in [-0.25, -0.2) is 13.6 Å². The van der Waals surface area contributed by atoms with Crippen LogP contribution in [0.2, 0.25) is 0 Å². The number of amides is 1. The molecule has 2 aromatic rings. The van der Waals surface area contributed by atoms with Crippen LogP contribution in [0.25, 0.3) is 0 Å². The van der Waals surface area contributed by atoms with Gasteiger partial charge in [-0.15, -0.1) is 10.2 Å². The number of hydrogen-bond donors (Lipinski definition) is 4. The van der Waals surface area contributed by atoms with Crippen LogP contribution in [-0.2, 0) is 14.8 Å². The molecule has 0 unspecified atom stereocenters. The number of nitrogens with one attached hydrogen (secondary N) is 1. The van der Waals surface area contributed by atoms with Crippen LogP contribution in [0.4, 0.5) is 11.4 Å². The van der Waals surface area contributed by atoms with Gasteiger partial charge in [-0.2, -0.15) is 0 Å². The number of sulfonamides is 1. The van der Waals surface area contributed by atoms with Crippen molar-refractivity contribution in [3.63, 3.8) is 0 Å². The average Bonchev–Trinajstić information content (AvgIpc) is 2.56. The van der Waals surface area contributed by atoms with E-state index in [4.69, 9.17) is 5.14 Å². The number of aliphatic hydroxyl groups is 1. The molecule has 0 aliphatic carbocycles. The van der Waals surface area contributed by atoms with E-state index in [-0.39, 0.29) is 22.0 Å². The fourth-order valence-corrected chi connectivity index (χ4v) is 2.40. The molecule has 2 aromatic carbocycles. The highest BCUT2D eigenvalue weighted by Gasteiger charge is 2.15. The number of aliphatic hydroxyl groups excluding tert-OH is 1. The largest absolute Gasteiger partial charge is 0.510 e. The Morgan fingerprint density at radius 1 is 1.15 bits per heavy atom. The Balaban J connectivity index is 2.25. The number of rotatable bonds is 5. The quantitative estimate of drug-likeness (QED) is 0.358. The first-order chi connectivity index (χ1) is 12.2. The lowest BCUT2D eigenvalue weighted by atomic mass is 10.3. The van der Waals surface area contributed by atoms with E-state index in [1.807, 2.05) is 0 Å². The number of primary sulfonamides is 1. The maximum atomic E-state index is 12.2. The number of anilines is 1. The number of carbonyl (C=O) groups excluding carboxylic acids is 1. The van der Waals surface area contributed by atoms with Gasteiger partial charge >= 0.3 is 0 Å². The molecule has 0 aliphatic heterocycles. The highest BCUT2D eigenvalue weighted by Crippen LogP contribution is 2.29. The molecule has 0 atom stereocenters. The Kier molecular flexibility index (Phi) is 5.70. The second kappa shape index (κ2) is 7.76. The Bertz CT molecular complexity index is 981. The lowest BCUT2D eigenvalue weighted by molar-refractivity contribution is -0.113. The predicted molar refractivity (Wildman–Crippen MR) is 94.4 cm³/mol. The number of para-hydroxylation sites is 1. The minimum Gasteiger partial charge on any atom is -0.510 e. The van der Waals surface area contributed by atoms with Crippen LogP contribution in [-0.4, -0.2) is 24.5 Å². The Morgan fingerprint density at radius 2 is 1.81 bits per heavy atom. The number of carbonyl (C=O) groups is 1. The number of phenols is 1. The van der Waals surface area contributed by atoms with Crippen molar-refractivity contribution in [2.75, 3.05) is 5.32 Å². The van der Waals surface area contributed by atoms with Crippen molar-refractivity contribution in [1.82, 2.24) is 0 Å². The van der Waals surface area contributed by atoms with E-state index >= 15 is 0 Å². The van der Waals surface area contributed by atoms with E-state index in [1.165, 1.54) is 6.92 Å². The molecule has 0 fully saturated rings. The summed E-state index contributed by atoms with van der Waals surface area (Å²) in [5, 5.41) is 34.3. The van der Waals surface area contributed by atoms with Crippen molar-refractivity contribution in [3.8, 4) is 5.75 Å². The highest BCUT2D eigenvalue weighted by atomic mass is 32.2. The van der Waals surface area contributed by atoms with Gasteiger partial charge in [0.2, 0.25) is 10.0 Å². The first kappa shape index (κ1) is 19.1. The molecule has 9 nitrogen and oxygen atoms in total. The lowest BCUT2D eigenvalue weighted by Gasteiger charge is -2.06. The summed E-state index contributed by atoms with van der Waals surface area (Å²) in [6, 6.07) is 11.7. The van der Waals surface area contributed by atoms with Gasteiger partial charge in [-0.3, -0.25) is 4.79 Å². The molecule has 0 spiro atoms. The number of allylic oxidation sites excluding steroid dienone is 1. The van der Waals surface area contributed by atoms with Gasteiger partial charge in [0.25, 0.3) is 5.91 Å². The monoisotopic (exact) mass is 376 g/mol. The van der Waals surface area contributed by atoms with E-state index in [0.29, 0.717) is 5.69 Å². The second-order valence-electron chi connectivity index (χ2n) is 5.15. The van der Waals surface area contributed by atoms with E-state index in [0.717, 1.165) is 18.2 Å². The SMILES string of the molecule is CC(O)=C(N=Nc1ccc(S(N)(=O)=O)cc1O)C(=O)Nc1ccccc1. The first-order valence-corrected chi connectivity index (χ1v) is 8.77. The van der Waals surface area contributed by atoms with E-state index in [9.17, 15) is 23.4 Å². The van der Waals surface area contributed by atoms with Gasteiger partial charge in [-0.1, -0.05) is 18.2 Å². The molecule has 0 saturated heterocycles. The fourth-order valence-electron chi connectivity index (χ4n) is 1.86. The maximum absolute atomic E-state index is 12.2. The van der Waals surface area contributed by atoms with E-state index in [1.54, 1.807) is 30.3 Å². The maximum Gasteiger partial charge on any atom is 0.279 e. The van der Waals surface area contributed by atoms with Crippen LogP contribution in [0.5, 0.6) is 5.75 Å². The number of benzene rings is 2. The first-order valence-electron chi connectivity index (χ1n) is 7.22. The fraction of sp³-hybridized carbons (Fsp3) is 0.0625. The summed E-state index contributed by atoms with van der Waals surface area (Å²) in [6.45, 7) is 1.25. The van der Waals surface area contributed by atoms with Crippen molar-refractivity contribution in [2.45, 2.75) is 11.8 Å². The van der Waals surface area contributed by atoms with Gasteiger partial charge in [0.15, 0.2) is 5.70 Å². The van der Waals surface area contributed by atoms with Gasteiger partial charge in [-0.05, 0) is 31.2 Å². The van der Waals surface area contributed by atoms with Gasteiger partial charge in [0.1, 0.15) is 17.2 Å². The number of aromatic hydroxyl groups is 1. The number of nitrogens with zero attached hydrogens (tertiary/aromatic N) is 2. The molecule has 0 heterocycles. The molecule has 26 heavy (non-hydrogen) atoms. The molecule has 0 aliphatic rings. The van der Waals surface area contributed by atoms with Crippen LogP contribution in [0.3, 0.4) is 0 Å². The van der Waals surface area contributed by atoms with Crippen molar-refractivity contribution >= 4 is 27.3 Å². The summed E-state index contributed by atoms with van der Waals surface area (Å²) in [5.74, 6) is -1.60. The molecule has 1 amide bonds. The van der Waals surface area contributed by atoms with Crippen LogP contribution >= 0.6 is 0 Å². The third-order valence-corrected chi connectivity index (χ3v) is 4.03. The molecule has 2 rings (SSSR count). The zero-order valence-electron chi connectivity index (χ0n) is 13.6. The molecule has 0 radical (unpaired) electrons. The predicted octanol–water partition coefficient (Wildman–Crippen LogP) is 2.55. The van der Waals surface area contributed by atoms with Gasteiger partial charge in [0, 0.05) is 11.8 Å². The van der Waals surface area contributed by atoms with Crippen molar-refractivity contribution in [3.05, 3.63) is 60.0 Å². The van der Waals surface area contributed by atoms with Crippen LogP contribution in [0.15, 0.2) is 75.1 Å². The summed E-state index contributed by atoms with van der Waals surface area (Å²) >= 11 is 0. The molecule has 5 N–H and O–H groups in total. The zero-order chi connectivity index (χ0) is 19.3. The molecule has 0 bridgehead atoms. The standard InChI is InChI=1S/C16H16N4O5S/c1-10(21)15(16(23)18-11-5-3-2-4-6-11)20-19-13-8-7-12(9-14(13)22)26(17,24)25/h2-9,21-22H,1H3,(H,18,23)(H2,17,24,25). The summed E-state index contributed by atoms with van der Waals surface area (Å²) in [5.41, 5.74) is 0.0132. The third kappa shape index (κ3) is 4.88. The second-order valence-corrected chi connectivity index (χ2v) is 6.71. The topological polar surface area (TPSA) is 154 Å². The molecular formula is C16H16N4O5S. The van der Waals surface area contributed by atoms with Gasteiger partial charge in [0.05, 0.1) is 4.90 Å². The summed E-state index contributed by atoms with van der Waals surface area (Å²) < 4.78 is 22.5. The van der Waals surface area contributed by atoms with Crippen LogP contribution in [0.1, 0.15) is 6.92 Å². The number of hydrogen-bond acceptors (Lipinski definition) is 7. The van der Waals surface area contributed by atoms with Crippen LogP contribution < -0.4 is 10.5 Å². The molecule has 136 valence electrons. The number of azo groups is 1. The molecule has 10 heteroatoms. The van der Waals surface area contributed by atoms with Crippen molar-refractivity contribution in [1.29, 1.82) is 0 Å². The minimum atomic E-state index is -3.98. The third-order valence-electron chi connectivity index (χ3n) is 3.12. The Labute approximate surface area is 149 Å². The van der Waals surface area contributed by atoms with Crippen molar-refractivity contribution < 1.29 is 23.4 Å². The lowest BCUT2D eigenvalue weighted by Crippen LogP contribution is -2.14. The Hall–Kier alpha value is -3.24. The summed E-state index contributed by atoms with van der Waals surface area (Å²) in [6.07, 6.45) is 0. The Morgan fingerprint density at radius 3 is 2.35 bits per heavy atom. The van der Waals surface area contributed by atoms with E-state index < -0.39 is 21.7 Å². The number of phenolic OH excluding ortho intramolecular Hbond substituents is 1. The number of nitrogens with two attached hydrogens (primary N) is 1. The van der Waals surface area contributed by atoms with Crippen LogP contribution in [0, 0.1) is 0 Å². The minimum absolute atomic E-state index is 0.108. The summed E-state index contributed by atoms with van der Waals surface area (Å²) in [4.78, 5) is 11.9. The van der Waals surface area contributed by atoms with E-state index in [2.05, 4.69) is 15.5 Å². The molecular weight excluding hydrogens is 360 g/mol.